The number of ketones is 1. The first-order chi connectivity index (χ1) is 11.0. The summed E-state index contributed by atoms with van der Waals surface area (Å²) in [6.45, 7) is 1.50. The van der Waals surface area contributed by atoms with Crippen molar-refractivity contribution >= 4 is 17.4 Å². The molecule has 0 atom stereocenters. The monoisotopic (exact) mass is 313 g/mol. The third-order valence-corrected chi connectivity index (χ3v) is 3.42. The smallest absolute Gasteiger partial charge is 0.228 e. The van der Waals surface area contributed by atoms with Crippen LogP contribution in [0.2, 0.25) is 0 Å². The highest BCUT2D eigenvalue weighted by molar-refractivity contribution is 5.96. The molecular weight excluding hydrogens is 294 g/mol. The number of ether oxygens (including phenoxy) is 2. The summed E-state index contributed by atoms with van der Waals surface area (Å²) >= 11 is 0. The molecule has 0 aliphatic rings. The van der Waals surface area contributed by atoms with Gasteiger partial charge in [-0.15, -0.1) is 0 Å². The van der Waals surface area contributed by atoms with Gasteiger partial charge in [-0.2, -0.15) is 0 Å². The van der Waals surface area contributed by atoms with E-state index >= 15 is 0 Å². The molecule has 2 rings (SSSR count). The number of hydrogen-bond acceptors (Lipinski definition) is 4. The summed E-state index contributed by atoms with van der Waals surface area (Å²) in [6.07, 6.45) is 0.182. The summed E-state index contributed by atoms with van der Waals surface area (Å²) in [5.74, 6) is 1.10. The van der Waals surface area contributed by atoms with E-state index in [1.807, 2.05) is 0 Å². The zero-order valence-corrected chi connectivity index (χ0v) is 13.4. The van der Waals surface area contributed by atoms with Gasteiger partial charge in [0.2, 0.25) is 5.91 Å². The lowest BCUT2D eigenvalue weighted by molar-refractivity contribution is -0.115. The molecule has 0 spiro atoms. The first-order valence-electron chi connectivity index (χ1n) is 7.15. The van der Waals surface area contributed by atoms with Crippen LogP contribution < -0.4 is 14.8 Å². The second-order valence-electron chi connectivity index (χ2n) is 5.04. The van der Waals surface area contributed by atoms with E-state index < -0.39 is 0 Å². The average molecular weight is 313 g/mol. The van der Waals surface area contributed by atoms with E-state index in [-0.39, 0.29) is 18.1 Å². The number of hydrogen-bond donors (Lipinski definition) is 1. The maximum absolute atomic E-state index is 12.2. The highest BCUT2D eigenvalue weighted by Gasteiger charge is 2.10. The number of nitrogens with one attached hydrogen (secondary N) is 1. The summed E-state index contributed by atoms with van der Waals surface area (Å²) in [5.41, 5.74) is 2.03. The first-order valence-corrected chi connectivity index (χ1v) is 7.15. The molecule has 0 saturated heterocycles. The van der Waals surface area contributed by atoms with Gasteiger partial charge < -0.3 is 14.8 Å². The van der Waals surface area contributed by atoms with Gasteiger partial charge in [-0.25, -0.2) is 0 Å². The molecule has 5 nitrogen and oxygen atoms in total. The minimum atomic E-state index is -0.163. The zero-order chi connectivity index (χ0) is 16.8. The molecule has 0 bridgehead atoms. The van der Waals surface area contributed by atoms with Crippen LogP contribution in [0.4, 0.5) is 5.69 Å². The molecule has 2 aromatic rings. The second-order valence-corrected chi connectivity index (χ2v) is 5.04. The molecule has 0 heterocycles. The van der Waals surface area contributed by atoms with Crippen molar-refractivity contribution in [3.8, 4) is 11.5 Å². The summed E-state index contributed by atoms with van der Waals surface area (Å²) in [6, 6.07) is 12.1. The van der Waals surface area contributed by atoms with E-state index in [9.17, 15) is 9.59 Å². The van der Waals surface area contributed by atoms with Crippen LogP contribution in [0, 0.1) is 0 Å². The number of carbonyl (C=O) groups is 2. The van der Waals surface area contributed by atoms with Crippen LogP contribution in [0.3, 0.4) is 0 Å². The van der Waals surface area contributed by atoms with Gasteiger partial charge in [-0.3, -0.25) is 9.59 Å². The van der Waals surface area contributed by atoms with Gasteiger partial charge in [-0.05, 0) is 37.3 Å². The minimum Gasteiger partial charge on any atom is -0.497 e. The molecule has 0 fully saturated rings. The molecule has 120 valence electrons. The Labute approximate surface area is 135 Å². The Kier molecular flexibility index (Phi) is 5.36. The van der Waals surface area contributed by atoms with Gasteiger partial charge in [0.15, 0.2) is 5.78 Å². The lowest BCUT2D eigenvalue weighted by Crippen LogP contribution is -2.15. The van der Waals surface area contributed by atoms with Crippen molar-refractivity contribution in [2.75, 3.05) is 19.5 Å². The normalized spacial score (nSPS) is 10.0. The van der Waals surface area contributed by atoms with E-state index in [1.165, 1.54) is 6.92 Å². The van der Waals surface area contributed by atoms with E-state index in [0.717, 1.165) is 5.56 Å². The van der Waals surface area contributed by atoms with Crippen LogP contribution in [-0.4, -0.2) is 25.9 Å². The Balaban J connectivity index is 2.06. The predicted octanol–water partition coefficient (Wildman–Crippen LogP) is 3.09. The third-order valence-electron chi connectivity index (χ3n) is 3.42. The molecule has 5 heteroatoms. The van der Waals surface area contributed by atoms with Crippen LogP contribution >= 0.6 is 0 Å². The minimum absolute atomic E-state index is 0.00848. The van der Waals surface area contributed by atoms with Gasteiger partial charge in [0.1, 0.15) is 11.5 Å². The lowest BCUT2D eigenvalue weighted by Gasteiger charge is -2.11. The standard InChI is InChI=1S/C18H19NO4/c1-12(20)13-4-7-15(8-5-13)19-18(21)10-14-6-9-16(22-2)11-17(14)23-3/h4-9,11H,10H2,1-3H3,(H,19,21). The largest absolute Gasteiger partial charge is 0.497 e. The van der Waals surface area contributed by atoms with Gasteiger partial charge >= 0.3 is 0 Å². The number of carbonyl (C=O) groups excluding carboxylic acids is 2. The molecule has 1 amide bonds. The Morgan fingerprint density at radius 1 is 1.00 bits per heavy atom. The number of amides is 1. The molecule has 0 aliphatic heterocycles. The highest BCUT2D eigenvalue weighted by Crippen LogP contribution is 2.25. The maximum Gasteiger partial charge on any atom is 0.228 e. The topological polar surface area (TPSA) is 64.6 Å². The van der Waals surface area contributed by atoms with Crippen LogP contribution in [0.1, 0.15) is 22.8 Å². The average Bonchev–Trinajstić information content (AvgIpc) is 2.55. The van der Waals surface area contributed by atoms with Gasteiger partial charge in [-0.1, -0.05) is 6.07 Å². The fraction of sp³-hybridized carbons (Fsp3) is 0.222. The van der Waals surface area contributed by atoms with E-state index in [0.29, 0.717) is 22.7 Å². The molecule has 0 aromatic heterocycles. The van der Waals surface area contributed by atoms with E-state index in [1.54, 1.807) is 56.7 Å². The Morgan fingerprint density at radius 3 is 2.26 bits per heavy atom. The molecule has 0 aliphatic carbocycles. The molecule has 2 aromatic carbocycles. The maximum atomic E-state index is 12.2. The molecule has 0 saturated carbocycles. The quantitative estimate of drug-likeness (QED) is 0.832. The summed E-state index contributed by atoms with van der Waals surface area (Å²) < 4.78 is 10.4. The zero-order valence-electron chi connectivity index (χ0n) is 13.4. The van der Waals surface area contributed by atoms with Gasteiger partial charge in [0.25, 0.3) is 0 Å². The fourth-order valence-electron chi connectivity index (χ4n) is 2.16. The summed E-state index contributed by atoms with van der Waals surface area (Å²) in [7, 11) is 3.13. The van der Waals surface area contributed by atoms with Crippen molar-refractivity contribution in [3.05, 3.63) is 53.6 Å². The van der Waals surface area contributed by atoms with E-state index in [4.69, 9.17) is 9.47 Å². The van der Waals surface area contributed by atoms with Crippen LogP contribution in [0.5, 0.6) is 11.5 Å². The molecule has 0 radical (unpaired) electrons. The molecule has 1 N–H and O–H groups in total. The first kappa shape index (κ1) is 16.5. The van der Waals surface area contributed by atoms with Crippen LogP contribution in [0.25, 0.3) is 0 Å². The Hall–Kier alpha value is -2.82. The SMILES string of the molecule is COc1ccc(CC(=O)Nc2ccc(C(C)=O)cc2)c(OC)c1. The number of Topliss-reactive ketones (excluding diaryl/α,β-unsaturated/α-hetero) is 1. The van der Waals surface area contributed by atoms with Crippen LogP contribution in [0.15, 0.2) is 42.5 Å². The lowest BCUT2D eigenvalue weighted by atomic mass is 10.1. The summed E-state index contributed by atoms with van der Waals surface area (Å²) in [5, 5.41) is 2.80. The van der Waals surface area contributed by atoms with Crippen molar-refractivity contribution in [1.29, 1.82) is 0 Å². The number of anilines is 1. The fourth-order valence-corrected chi connectivity index (χ4v) is 2.16. The van der Waals surface area contributed by atoms with Crippen molar-refractivity contribution in [3.63, 3.8) is 0 Å². The Morgan fingerprint density at radius 2 is 1.70 bits per heavy atom. The van der Waals surface area contributed by atoms with Crippen molar-refractivity contribution in [1.82, 2.24) is 0 Å². The van der Waals surface area contributed by atoms with Gasteiger partial charge in [0, 0.05) is 22.9 Å². The summed E-state index contributed by atoms with van der Waals surface area (Å²) in [4.78, 5) is 23.4. The second kappa shape index (κ2) is 7.45. The molecule has 0 unspecified atom stereocenters. The van der Waals surface area contributed by atoms with Crippen molar-refractivity contribution in [2.45, 2.75) is 13.3 Å². The number of rotatable bonds is 6. The highest BCUT2D eigenvalue weighted by atomic mass is 16.5. The molecular formula is C18H19NO4. The third kappa shape index (κ3) is 4.32. The Bertz CT molecular complexity index is 707. The molecule has 23 heavy (non-hydrogen) atoms. The van der Waals surface area contributed by atoms with Crippen molar-refractivity contribution in [2.24, 2.45) is 0 Å². The van der Waals surface area contributed by atoms with Crippen LogP contribution in [-0.2, 0) is 11.2 Å². The van der Waals surface area contributed by atoms with Crippen molar-refractivity contribution < 1.29 is 19.1 Å². The number of methoxy groups -OCH3 is 2. The number of benzene rings is 2. The van der Waals surface area contributed by atoms with Gasteiger partial charge in [0.05, 0.1) is 20.6 Å². The van der Waals surface area contributed by atoms with E-state index in [2.05, 4.69) is 5.32 Å². The predicted molar refractivity (Wildman–Crippen MR) is 88.3 cm³/mol.